The number of hydrogen-bond donors (Lipinski definition) is 1. The topological polar surface area (TPSA) is 59.4 Å². The number of carbonyl (C=O) groups excluding carboxylic acids is 1. The van der Waals surface area contributed by atoms with Gasteiger partial charge in [-0.05, 0) is 55.6 Å². The van der Waals surface area contributed by atoms with Crippen molar-refractivity contribution in [3.05, 3.63) is 35.4 Å². The first-order chi connectivity index (χ1) is 13.2. The minimum atomic E-state index is -0.211. The molecule has 0 bridgehead atoms. The molecule has 3 atom stereocenters. The highest BCUT2D eigenvalue weighted by molar-refractivity contribution is 5.79. The Bertz CT molecular complexity index is 713. The summed E-state index contributed by atoms with van der Waals surface area (Å²) in [6.45, 7) is 4.53. The van der Waals surface area contributed by atoms with E-state index in [2.05, 4.69) is 40.6 Å². The molecule has 5 nitrogen and oxygen atoms in total. The van der Waals surface area contributed by atoms with Crippen LogP contribution in [0.25, 0.3) is 0 Å². The number of hydrogen-bond acceptors (Lipinski definition) is 4. The van der Waals surface area contributed by atoms with E-state index in [-0.39, 0.29) is 11.9 Å². The Labute approximate surface area is 162 Å². The Morgan fingerprint density at radius 2 is 2.04 bits per heavy atom. The molecular weight excluding hydrogens is 336 g/mol. The highest BCUT2D eigenvalue weighted by Gasteiger charge is 2.31. The van der Waals surface area contributed by atoms with E-state index in [1.807, 2.05) is 0 Å². The van der Waals surface area contributed by atoms with Crippen LogP contribution in [0, 0.1) is 17.2 Å². The maximum absolute atomic E-state index is 12.4. The van der Waals surface area contributed by atoms with Gasteiger partial charge < -0.3 is 10.2 Å². The summed E-state index contributed by atoms with van der Waals surface area (Å²) in [5, 5.41) is 12.6. The number of likely N-dealkylation sites (tertiary alicyclic amines) is 1. The number of carbonyl (C=O) groups is 1. The molecule has 4 rings (SSSR count). The summed E-state index contributed by atoms with van der Waals surface area (Å²) in [6, 6.07) is 11.3. The van der Waals surface area contributed by atoms with Gasteiger partial charge in [0, 0.05) is 32.2 Å². The lowest BCUT2D eigenvalue weighted by molar-refractivity contribution is -0.130. The normalized spacial score (nSPS) is 28.1. The van der Waals surface area contributed by atoms with Gasteiger partial charge in [0.25, 0.3) is 0 Å². The summed E-state index contributed by atoms with van der Waals surface area (Å²) in [5.74, 6) is 0.816. The molecule has 0 unspecified atom stereocenters. The van der Waals surface area contributed by atoms with E-state index in [4.69, 9.17) is 5.26 Å². The van der Waals surface area contributed by atoms with E-state index in [0.29, 0.717) is 12.6 Å². The summed E-state index contributed by atoms with van der Waals surface area (Å²) in [5.41, 5.74) is 3.00. The molecule has 1 saturated carbocycles. The van der Waals surface area contributed by atoms with Gasteiger partial charge in [0.05, 0.1) is 12.6 Å². The van der Waals surface area contributed by atoms with E-state index < -0.39 is 0 Å². The van der Waals surface area contributed by atoms with Crippen LogP contribution in [0.4, 0.5) is 0 Å². The first kappa shape index (κ1) is 18.5. The molecule has 1 aromatic carbocycles. The lowest BCUT2D eigenvalue weighted by Gasteiger charge is -2.30. The highest BCUT2D eigenvalue weighted by Crippen LogP contribution is 2.28. The minimum Gasteiger partial charge on any atom is -0.326 e. The largest absolute Gasteiger partial charge is 0.326 e. The summed E-state index contributed by atoms with van der Waals surface area (Å²) >= 11 is 0. The smallest absolute Gasteiger partial charge is 0.237 e. The molecule has 5 heteroatoms. The van der Waals surface area contributed by atoms with Crippen LogP contribution in [0.2, 0.25) is 0 Å². The molecule has 0 radical (unpaired) electrons. The molecular formula is C22H30N4O. The number of nitriles is 1. The summed E-state index contributed by atoms with van der Waals surface area (Å²) < 4.78 is 0. The second-order valence-electron chi connectivity index (χ2n) is 8.38. The lowest BCUT2D eigenvalue weighted by atomic mass is 9.98. The highest BCUT2D eigenvalue weighted by atomic mass is 16.2. The van der Waals surface area contributed by atoms with Gasteiger partial charge in [-0.2, -0.15) is 5.26 Å². The van der Waals surface area contributed by atoms with E-state index in [9.17, 15) is 4.79 Å². The number of rotatable bonds is 5. The molecule has 3 aliphatic rings. The van der Waals surface area contributed by atoms with Crippen molar-refractivity contribution in [1.29, 1.82) is 5.26 Å². The molecule has 1 saturated heterocycles. The van der Waals surface area contributed by atoms with Crippen molar-refractivity contribution in [3.63, 3.8) is 0 Å². The Hall–Kier alpha value is -1.90. The number of fused-ring (bicyclic) bond motifs is 1. The predicted molar refractivity (Wildman–Crippen MR) is 105 cm³/mol. The van der Waals surface area contributed by atoms with Crippen molar-refractivity contribution in [2.24, 2.45) is 5.92 Å². The fourth-order valence-corrected chi connectivity index (χ4v) is 5.03. The van der Waals surface area contributed by atoms with Crippen molar-refractivity contribution in [1.82, 2.24) is 15.1 Å². The Kier molecular flexibility index (Phi) is 5.75. The Balaban J connectivity index is 1.21. The summed E-state index contributed by atoms with van der Waals surface area (Å²) in [7, 11) is 0. The summed E-state index contributed by atoms with van der Waals surface area (Å²) in [6.07, 6.45) is 6.50. The van der Waals surface area contributed by atoms with Crippen LogP contribution in [0.3, 0.4) is 0 Å². The van der Waals surface area contributed by atoms with Crippen molar-refractivity contribution in [2.45, 2.75) is 57.2 Å². The van der Waals surface area contributed by atoms with Gasteiger partial charge in [0.1, 0.15) is 6.04 Å². The number of benzene rings is 1. The van der Waals surface area contributed by atoms with Crippen molar-refractivity contribution in [2.75, 3.05) is 26.2 Å². The molecule has 2 aliphatic heterocycles. The van der Waals surface area contributed by atoms with E-state index in [1.54, 1.807) is 4.90 Å². The van der Waals surface area contributed by atoms with Gasteiger partial charge in [-0.3, -0.25) is 9.69 Å². The fourth-order valence-electron chi connectivity index (χ4n) is 5.03. The van der Waals surface area contributed by atoms with E-state index in [0.717, 1.165) is 57.7 Å². The van der Waals surface area contributed by atoms with Crippen molar-refractivity contribution < 1.29 is 4.79 Å². The molecule has 0 aromatic heterocycles. The van der Waals surface area contributed by atoms with Gasteiger partial charge in [-0.15, -0.1) is 0 Å². The monoisotopic (exact) mass is 366 g/mol. The van der Waals surface area contributed by atoms with Crippen molar-refractivity contribution >= 4 is 5.91 Å². The maximum atomic E-state index is 12.4. The Morgan fingerprint density at radius 3 is 2.89 bits per heavy atom. The molecule has 27 heavy (non-hydrogen) atoms. The Morgan fingerprint density at radius 1 is 1.19 bits per heavy atom. The van der Waals surface area contributed by atoms with Crippen LogP contribution < -0.4 is 5.32 Å². The van der Waals surface area contributed by atoms with Crippen LogP contribution in [0.1, 0.15) is 43.2 Å². The lowest BCUT2D eigenvalue weighted by Crippen LogP contribution is -2.43. The van der Waals surface area contributed by atoms with Crippen LogP contribution in [0.15, 0.2) is 24.3 Å². The molecule has 0 spiro atoms. The van der Waals surface area contributed by atoms with Gasteiger partial charge in [-0.1, -0.05) is 24.3 Å². The second kappa shape index (κ2) is 8.41. The number of amides is 1. The minimum absolute atomic E-state index is 0.0927. The number of nitrogens with zero attached hydrogens (tertiary/aromatic N) is 3. The van der Waals surface area contributed by atoms with E-state index in [1.165, 1.54) is 24.1 Å². The number of nitrogens with one attached hydrogen (secondary N) is 1. The molecule has 144 valence electrons. The molecule has 1 aliphatic carbocycles. The third-order valence-electron chi connectivity index (χ3n) is 6.53. The van der Waals surface area contributed by atoms with Gasteiger partial charge in [0.2, 0.25) is 5.91 Å². The first-order valence-corrected chi connectivity index (χ1v) is 10.4. The van der Waals surface area contributed by atoms with Crippen LogP contribution in [-0.2, 0) is 17.8 Å². The third-order valence-corrected chi connectivity index (χ3v) is 6.53. The molecule has 2 heterocycles. The first-order valence-electron chi connectivity index (χ1n) is 10.4. The third kappa shape index (κ3) is 4.34. The van der Waals surface area contributed by atoms with Gasteiger partial charge >= 0.3 is 0 Å². The molecule has 1 aromatic rings. The van der Waals surface area contributed by atoms with Crippen molar-refractivity contribution in [3.8, 4) is 6.07 Å². The molecule has 1 amide bonds. The zero-order chi connectivity index (χ0) is 18.6. The van der Waals surface area contributed by atoms with Crippen LogP contribution >= 0.6 is 0 Å². The quantitative estimate of drug-likeness (QED) is 0.869. The maximum Gasteiger partial charge on any atom is 0.237 e. The zero-order valence-corrected chi connectivity index (χ0v) is 16.1. The van der Waals surface area contributed by atoms with Crippen LogP contribution in [0.5, 0.6) is 0 Å². The molecule has 1 N–H and O–H groups in total. The average Bonchev–Trinajstić information content (AvgIpc) is 3.35. The molecule has 2 fully saturated rings. The van der Waals surface area contributed by atoms with E-state index >= 15 is 0 Å². The standard InChI is InChI=1S/C22H30N4O/c23-13-21-6-3-10-26(21)22(27)14-24-20-8-7-17(12-20)15-25-11-9-18-4-1-2-5-19(18)16-25/h1-2,4-5,17,20-21,24H,3,6-12,14-16H2/t17-,20+,21-/m0/s1. The second-order valence-corrected chi connectivity index (χ2v) is 8.38. The predicted octanol–water partition coefficient (Wildman–Crippen LogP) is 2.32. The SMILES string of the molecule is N#C[C@@H]1CCCN1C(=O)CN[C@@H]1CC[C@H](CN2CCc3ccccc3C2)C1. The van der Waals surface area contributed by atoms with Crippen LogP contribution in [-0.4, -0.2) is 54.0 Å². The average molecular weight is 367 g/mol. The zero-order valence-electron chi connectivity index (χ0n) is 16.1. The van der Waals surface area contributed by atoms with Gasteiger partial charge in [0.15, 0.2) is 0 Å². The summed E-state index contributed by atoms with van der Waals surface area (Å²) in [4.78, 5) is 16.7. The van der Waals surface area contributed by atoms with Gasteiger partial charge in [-0.25, -0.2) is 0 Å². The fraction of sp³-hybridized carbons (Fsp3) is 0.636.